The molecule has 0 amide bonds. The third-order valence-corrected chi connectivity index (χ3v) is 4.39. The number of aromatic amines is 1. The van der Waals surface area contributed by atoms with Gasteiger partial charge in [-0.25, -0.2) is 0 Å². The van der Waals surface area contributed by atoms with Crippen molar-refractivity contribution in [3.63, 3.8) is 0 Å². The van der Waals surface area contributed by atoms with Crippen LogP contribution in [0.1, 0.15) is 40.0 Å². The fourth-order valence-corrected chi connectivity index (χ4v) is 3.39. The van der Waals surface area contributed by atoms with Crippen molar-refractivity contribution in [1.82, 2.24) is 10.3 Å². The van der Waals surface area contributed by atoms with Crippen LogP contribution in [0.15, 0.2) is 12.1 Å². The quantitative estimate of drug-likeness (QED) is 0.823. The third-order valence-electron chi connectivity index (χ3n) is 4.39. The Hall–Kier alpha value is -1.61. The summed E-state index contributed by atoms with van der Waals surface area (Å²) in [5.41, 5.74) is 5.47. The zero-order valence-corrected chi connectivity index (χ0v) is 12.5. The number of carbonyl (C=O) groups is 1. The minimum atomic E-state index is 0.176. The molecule has 1 fully saturated rings. The van der Waals surface area contributed by atoms with Crippen molar-refractivity contribution in [2.24, 2.45) is 5.92 Å². The highest BCUT2D eigenvalue weighted by Crippen LogP contribution is 2.30. The summed E-state index contributed by atoms with van der Waals surface area (Å²) in [7, 11) is 0. The van der Waals surface area contributed by atoms with E-state index in [0.717, 1.165) is 48.1 Å². The van der Waals surface area contributed by atoms with E-state index in [4.69, 9.17) is 0 Å². The second-order valence-electron chi connectivity index (χ2n) is 6.02. The van der Waals surface area contributed by atoms with Gasteiger partial charge >= 0.3 is 0 Å². The molecule has 3 rings (SSSR count). The topological polar surface area (TPSA) is 44.9 Å². The van der Waals surface area contributed by atoms with Crippen molar-refractivity contribution in [2.45, 2.75) is 33.6 Å². The SMILES string of the molecule is Cc1cc(C)c2[nH]c(C)c(C(=O)C3CCNCC3)c2c1. The summed E-state index contributed by atoms with van der Waals surface area (Å²) in [5, 5.41) is 4.43. The summed E-state index contributed by atoms with van der Waals surface area (Å²) in [6, 6.07) is 4.30. The number of rotatable bonds is 2. The van der Waals surface area contributed by atoms with Gasteiger partial charge in [-0.2, -0.15) is 0 Å². The van der Waals surface area contributed by atoms with Gasteiger partial charge in [0.2, 0.25) is 0 Å². The van der Waals surface area contributed by atoms with Crippen LogP contribution in [0.5, 0.6) is 0 Å². The van der Waals surface area contributed by atoms with Gasteiger partial charge in [-0.05, 0) is 58.3 Å². The number of benzene rings is 1. The highest BCUT2D eigenvalue weighted by atomic mass is 16.1. The summed E-state index contributed by atoms with van der Waals surface area (Å²) in [6.07, 6.45) is 1.91. The molecule has 0 unspecified atom stereocenters. The first kappa shape index (κ1) is 13.4. The number of ketones is 1. The van der Waals surface area contributed by atoms with Gasteiger partial charge in [0.25, 0.3) is 0 Å². The molecule has 0 aliphatic carbocycles. The highest BCUT2D eigenvalue weighted by Gasteiger charge is 2.26. The maximum atomic E-state index is 12.9. The monoisotopic (exact) mass is 270 g/mol. The molecule has 0 saturated carbocycles. The average Bonchev–Trinajstić information content (AvgIpc) is 2.76. The lowest BCUT2D eigenvalue weighted by molar-refractivity contribution is 0.0896. The minimum absolute atomic E-state index is 0.176. The van der Waals surface area contributed by atoms with Gasteiger partial charge < -0.3 is 10.3 Å². The van der Waals surface area contributed by atoms with Crippen LogP contribution < -0.4 is 5.32 Å². The number of H-pyrrole nitrogens is 1. The van der Waals surface area contributed by atoms with Crippen molar-refractivity contribution in [3.05, 3.63) is 34.5 Å². The molecule has 1 aliphatic heterocycles. The predicted octanol–water partition coefficient (Wildman–Crippen LogP) is 3.28. The van der Waals surface area contributed by atoms with Crippen LogP contribution in [-0.4, -0.2) is 23.9 Å². The lowest BCUT2D eigenvalue weighted by Gasteiger charge is -2.21. The van der Waals surface area contributed by atoms with Crippen molar-refractivity contribution >= 4 is 16.7 Å². The number of fused-ring (bicyclic) bond motifs is 1. The number of nitrogens with one attached hydrogen (secondary N) is 2. The zero-order valence-electron chi connectivity index (χ0n) is 12.5. The molecule has 0 atom stereocenters. The first-order valence-corrected chi connectivity index (χ1v) is 7.42. The van der Waals surface area contributed by atoms with E-state index < -0.39 is 0 Å². The molecular formula is C17H22N2O. The van der Waals surface area contributed by atoms with E-state index >= 15 is 0 Å². The molecule has 0 radical (unpaired) electrons. The van der Waals surface area contributed by atoms with E-state index in [1.165, 1.54) is 11.1 Å². The molecule has 1 saturated heterocycles. The van der Waals surface area contributed by atoms with E-state index in [2.05, 4.69) is 36.3 Å². The van der Waals surface area contributed by atoms with Gasteiger partial charge in [-0.3, -0.25) is 4.79 Å². The maximum Gasteiger partial charge on any atom is 0.168 e. The Morgan fingerprint density at radius 1 is 1.15 bits per heavy atom. The number of aryl methyl sites for hydroxylation is 3. The average molecular weight is 270 g/mol. The van der Waals surface area contributed by atoms with Crippen LogP contribution in [0, 0.1) is 26.7 Å². The molecule has 3 heteroatoms. The number of hydrogen-bond acceptors (Lipinski definition) is 2. The second-order valence-corrected chi connectivity index (χ2v) is 6.02. The Balaban J connectivity index is 2.10. The van der Waals surface area contributed by atoms with Gasteiger partial charge in [-0.1, -0.05) is 11.6 Å². The first-order chi connectivity index (χ1) is 9.58. The van der Waals surface area contributed by atoms with Crippen LogP contribution in [0.4, 0.5) is 0 Å². The smallest absolute Gasteiger partial charge is 0.168 e. The molecular weight excluding hydrogens is 248 g/mol. The molecule has 106 valence electrons. The Morgan fingerprint density at radius 3 is 2.55 bits per heavy atom. The van der Waals surface area contributed by atoms with E-state index in [1.807, 2.05) is 6.92 Å². The van der Waals surface area contributed by atoms with Crippen LogP contribution >= 0.6 is 0 Å². The molecule has 0 spiro atoms. The van der Waals surface area contributed by atoms with Gasteiger partial charge in [-0.15, -0.1) is 0 Å². The molecule has 2 heterocycles. The number of carbonyl (C=O) groups excluding carboxylic acids is 1. The van der Waals surface area contributed by atoms with E-state index in [1.54, 1.807) is 0 Å². The molecule has 3 nitrogen and oxygen atoms in total. The normalized spacial score (nSPS) is 16.8. The zero-order chi connectivity index (χ0) is 14.3. The van der Waals surface area contributed by atoms with Crippen LogP contribution in [0.3, 0.4) is 0 Å². The fourth-order valence-electron chi connectivity index (χ4n) is 3.39. The molecule has 2 aromatic rings. The van der Waals surface area contributed by atoms with Crippen LogP contribution in [0.2, 0.25) is 0 Å². The van der Waals surface area contributed by atoms with Gasteiger partial charge in [0, 0.05) is 28.1 Å². The molecule has 1 aromatic heterocycles. The van der Waals surface area contributed by atoms with Crippen molar-refractivity contribution < 1.29 is 4.79 Å². The van der Waals surface area contributed by atoms with Gasteiger partial charge in [0.15, 0.2) is 5.78 Å². The molecule has 1 aliphatic rings. The maximum absolute atomic E-state index is 12.9. The second kappa shape index (κ2) is 5.06. The van der Waals surface area contributed by atoms with Crippen LogP contribution in [0.25, 0.3) is 10.9 Å². The first-order valence-electron chi connectivity index (χ1n) is 7.42. The minimum Gasteiger partial charge on any atom is -0.358 e. The van der Waals surface area contributed by atoms with E-state index in [0.29, 0.717) is 5.78 Å². The van der Waals surface area contributed by atoms with Gasteiger partial charge in [0.1, 0.15) is 0 Å². The lowest BCUT2D eigenvalue weighted by Crippen LogP contribution is -2.32. The fraction of sp³-hybridized carbons (Fsp3) is 0.471. The summed E-state index contributed by atoms with van der Waals surface area (Å²) < 4.78 is 0. The summed E-state index contributed by atoms with van der Waals surface area (Å²) in [5.74, 6) is 0.495. The Kier molecular flexibility index (Phi) is 3.38. The third kappa shape index (κ3) is 2.16. The summed E-state index contributed by atoms with van der Waals surface area (Å²) in [4.78, 5) is 16.3. The van der Waals surface area contributed by atoms with Crippen molar-refractivity contribution in [2.75, 3.05) is 13.1 Å². The molecule has 0 bridgehead atoms. The van der Waals surface area contributed by atoms with Crippen molar-refractivity contribution in [3.8, 4) is 0 Å². The molecule has 20 heavy (non-hydrogen) atoms. The number of Topliss-reactive ketones (excluding diaryl/α,β-unsaturated/α-hetero) is 1. The molecule has 2 N–H and O–H groups in total. The van der Waals surface area contributed by atoms with Crippen molar-refractivity contribution in [1.29, 1.82) is 0 Å². The van der Waals surface area contributed by atoms with E-state index in [-0.39, 0.29) is 5.92 Å². The highest BCUT2D eigenvalue weighted by molar-refractivity contribution is 6.10. The summed E-state index contributed by atoms with van der Waals surface area (Å²) in [6.45, 7) is 8.12. The van der Waals surface area contributed by atoms with Gasteiger partial charge in [0.05, 0.1) is 0 Å². The number of hydrogen-bond donors (Lipinski definition) is 2. The Morgan fingerprint density at radius 2 is 1.85 bits per heavy atom. The number of aromatic nitrogens is 1. The molecule has 1 aromatic carbocycles. The largest absolute Gasteiger partial charge is 0.358 e. The number of piperidine rings is 1. The predicted molar refractivity (Wildman–Crippen MR) is 82.4 cm³/mol. The van der Waals surface area contributed by atoms with E-state index in [9.17, 15) is 4.79 Å². The summed E-state index contributed by atoms with van der Waals surface area (Å²) >= 11 is 0. The Labute approximate surface area is 119 Å². The lowest BCUT2D eigenvalue weighted by atomic mass is 9.88. The standard InChI is InChI=1S/C17H22N2O/c1-10-8-11(2)16-14(9-10)15(12(3)19-16)17(20)13-4-6-18-7-5-13/h8-9,13,18-19H,4-7H2,1-3H3. The Bertz CT molecular complexity index is 663. The van der Waals surface area contributed by atoms with Crippen LogP contribution in [-0.2, 0) is 0 Å².